The van der Waals surface area contributed by atoms with E-state index in [0.29, 0.717) is 43.9 Å². The van der Waals surface area contributed by atoms with Gasteiger partial charge in [-0.25, -0.2) is 8.42 Å². The maximum absolute atomic E-state index is 13.1. The quantitative estimate of drug-likeness (QED) is 0.702. The van der Waals surface area contributed by atoms with Gasteiger partial charge in [0.15, 0.2) is 0 Å². The molecule has 0 saturated carbocycles. The maximum atomic E-state index is 13.1. The Kier molecular flexibility index (Phi) is 6.96. The van der Waals surface area contributed by atoms with Crippen molar-refractivity contribution in [3.8, 4) is 6.07 Å². The Balaban J connectivity index is 1.69. The topological polar surface area (TPSA) is 81.5 Å². The van der Waals surface area contributed by atoms with E-state index in [1.54, 1.807) is 6.07 Å². The van der Waals surface area contributed by atoms with Gasteiger partial charge in [0.1, 0.15) is 15.9 Å². The molecule has 8 heteroatoms. The van der Waals surface area contributed by atoms with Gasteiger partial charge in [-0.15, -0.1) is 0 Å². The SMILES string of the molecule is CS(=O)(=O)CCN1CCN(C(=O)c2ccccc2Sc2ccccc2C#N)CC1. The first-order valence-electron chi connectivity index (χ1n) is 9.33. The van der Waals surface area contributed by atoms with Crippen LogP contribution in [-0.4, -0.2) is 68.9 Å². The van der Waals surface area contributed by atoms with E-state index in [2.05, 4.69) is 11.0 Å². The number of nitrogens with zero attached hydrogens (tertiary/aromatic N) is 3. The second-order valence-corrected chi connectivity index (χ2v) is 10.3. The van der Waals surface area contributed by atoms with Gasteiger partial charge in [-0.3, -0.25) is 9.69 Å². The van der Waals surface area contributed by atoms with Crippen LogP contribution in [0.3, 0.4) is 0 Å². The largest absolute Gasteiger partial charge is 0.336 e. The van der Waals surface area contributed by atoms with Gasteiger partial charge in [-0.1, -0.05) is 36.0 Å². The molecule has 2 aromatic carbocycles. The van der Waals surface area contributed by atoms with Crippen LogP contribution in [0.15, 0.2) is 58.3 Å². The van der Waals surface area contributed by atoms with Gasteiger partial charge in [0.2, 0.25) is 0 Å². The van der Waals surface area contributed by atoms with Crippen molar-refractivity contribution in [1.82, 2.24) is 9.80 Å². The number of benzene rings is 2. The number of piperazine rings is 1. The molecule has 0 unspecified atom stereocenters. The molecule has 0 atom stereocenters. The third kappa shape index (κ3) is 5.82. The summed E-state index contributed by atoms with van der Waals surface area (Å²) in [5.41, 5.74) is 1.20. The minimum absolute atomic E-state index is 0.0368. The van der Waals surface area contributed by atoms with Gasteiger partial charge in [-0.2, -0.15) is 5.26 Å². The third-order valence-corrected chi connectivity index (χ3v) is 6.86. The van der Waals surface area contributed by atoms with E-state index < -0.39 is 9.84 Å². The minimum atomic E-state index is -2.99. The normalized spacial score (nSPS) is 15.1. The standard InChI is InChI=1S/C21H23N3O3S2/c1-29(26,27)15-14-23-10-12-24(13-11-23)21(25)18-7-3-5-9-20(18)28-19-8-4-2-6-17(19)16-22/h2-9H,10-15H2,1H3. The van der Waals surface area contributed by atoms with Gasteiger partial charge in [0.25, 0.3) is 5.91 Å². The molecular weight excluding hydrogens is 406 g/mol. The summed E-state index contributed by atoms with van der Waals surface area (Å²) < 4.78 is 22.7. The van der Waals surface area contributed by atoms with Gasteiger partial charge in [0, 0.05) is 48.8 Å². The summed E-state index contributed by atoms with van der Waals surface area (Å²) in [7, 11) is -2.99. The average molecular weight is 430 g/mol. The molecule has 0 N–H and O–H groups in total. The molecule has 1 aliphatic rings. The first-order chi connectivity index (χ1) is 13.9. The third-order valence-electron chi connectivity index (χ3n) is 4.78. The number of carbonyl (C=O) groups excluding carboxylic acids is 1. The lowest BCUT2D eigenvalue weighted by atomic mass is 10.2. The van der Waals surface area contributed by atoms with Crippen molar-refractivity contribution in [2.75, 3.05) is 44.7 Å². The zero-order valence-corrected chi connectivity index (χ0v) is 17.9. The summed E-state index contributed by atoms with van der Waals surface area (Å²) >= 11 is 1.42. The molecule has 1 heterocycles. The second kappa shape index (κ2) is 9.44. The molecule has 0 aliphatic carbocycles. The molecular formula is C21H23N3O3S2. The lowest BCUT2D eigenvalue weighted by Crippen LogP contribution is -2.49. The average Bonchev–Trinajstić information content (AvgIpc) is 2.72. The van der Waals surface area contributed by atoms with Crippen LogP contribution < -0.4 is 0 Å². The molecule has 1 aliphatic heterocycles. The van der Waals surface area contributed by atoms with E-state index in [9.17, 15) is 18.5 Å². The van der Waals surface area contributed by atoms with Crippen LogP contribution in [0.4, 0.5) is 0 Å². The Hall–Kier alpha value is -2.34. The van der Waals surface area contributed by atoms with E-state index in [0.717, 1.165) is 9.79 Å². The van der Waals surface area contributed by atoms with Crippen molar-refractivity contribution in [2.45, 2.75) is 9.79 Å². The smallest absolute Gasteiger partial charge is 0.255 e. The minimum Gasteiger partial charge on any atom is -0.336 e. The zero-order chi connectivity index (χ0) is 20.9. The van der Waals surface area contributed by atoms with Gasteiger partial charge in [0.05, 0.1) is 16.9 Å². The number of sulfone groups is 1. The monoisotopic (exact) mass is 429 g/mol. The molecule has 152 valence electrons. The van der Waals surface area contributed by atoms with Crippen molar-refractivity contribution >= 4 is 27.5 Å². The van der Waals surface area contributed by atoms with Crippen molar-refractivity contribution in [1.29, 1.82) is 5.26 Å². The molecule has 1 fully saturated rings. The molecule has 0 radical (unpaired) electrons. The zero-order valence-electron chi connectivity index (χ0n) is 16.2. The lowest BCUT2D eigenvalue weighted by Gasteiger charge is -2.34. The molecule has 2 aromatic rings. The highest BCUT2D eigenvalue weighted by Gasteiger charge is 2.24. The van der Waals surface area contributed by atoms with E-state index in [4.69, 9.17) is 0 Å². The van der Waals surface area contributed by atoms with Crippen LogP contribution in [-0.2, 0) is 9.84 Å². The Morgan fingerprint density at radius 2 is 1.66 bits per heavy atom. The molecule has 0 bridgehead atoms. The summed E-state index contributed by atoms with van der Waals surface area (Å²) in [6.45, 7) is 2.95. The van der Waals surface area contributed by atoms with Crippen LogP contribution in [0.1, 0.15) is 15.9 Å². The first-order valence-corrected chi connectivity index (χ1v) is 12.2. The van der Waals surface area contributed by atoms with Crippen molar-refractivity contribution in [3.05, 3.63) is 59.7 Å². The fourth-order valence-corrected chi connectivity index (χ4v) is 4.75. The summed E-state index contributed by atoms with van der Waals surface area (Å²) in [5, 5.41) is 9.32. The molecule has 29 heavy (non-hydrogen) atoms. The molecule has 1 saturated heterocycles. The first kappa shape index (κ1) is 21.4. The summed E-state index contributed by atoms with van der Waals surface area (Å²) in [6.07, 6.45) is 1.24. The number of rotatable bonds is 6. The van der Waals surface area contributed by atoms with Crippen LogP contribution in [0.5, 0.6) is 0 Å². The number of hydrogen-bond acceptors (Lipinski definition) is 6. The van der Waals surface area contributed by atoms with Gasteiger partial charge < -0.3 is 4.90 Å². The summed E-state index contributed by atoms with van der Waals surface area (Å²) in [6, 6.07) is 17.0. The van der Waals surface area contributed by atoms with E-state index in [-0.39, 0.29) is 11.7 Å². The second-order valence-electron chi connectivity index (χ2n) is 6.97. The van der Waals surface area contributed by atoms with Crippen molar-refractivity contribution < 1.29 is 13.2 Å². The van der Waals surface area contributed by atoms with Crippen LogP contribution in [0.2, 0.25) is 0 Å². The van der Waals surface area contributed by atoms with E-state index in [1.165, 1.54) is 18.0 Å². The summed E-state index contributed by atoms with van der Waals surface area (Å²) in [4.78, 5) is 18.7. The molecule has 0 aromatic heterocycles. The predicted molar refractivity (Wildman–Crippen MR) is 114 cm³/mol. The highest BCUT2D eigenvalue weighted by molar-refractivity contribution is 7.99. The Bertz CT molecular complexity index is 1020. The lowest BCUT2D eigenvalue weighted by molar-refractivity contribution is 0.0640. The van der Waals surface area contributed by atoms with E-state index >= 15 is 0 Å². The Morgan fingerprint density at radius 3 is 2.31 bits per heavy atom. The number of nitriles is 1. The highest BCUT2D eigenvalue weighted by atomic mass is 32.2. The summed E-state index contributed by atoms with van der Waals surface area (Å²) in [5.74, 6) is 0.101. The molecule has 0 spiro atoms. The number of carbonyl (C=O) groups is 1. The molecule has 6 nitrogen and oxygen atoms in total. The predicted octanol–water partition coefficient (Wildman–Crippen LogP) is 2.51. The van der Waals surface area contributed by atoms with E-state index in [1.807, 2.05) is 47.4 Å². The van der Waals surface area contributed by atoms with Gasteiger partial charge in [-0.05, 0) is 24.3 Å². The number of amides is 1. The van der Waals surface area contributed by atoms with Gasteiger partial charge >= 0.3 is 0 Å². The molecule has 1 amide bonds. The number of hydrogen-bond donors (Lipinski definition) is 0. The Morgan fingerprint density at radius 1 is 1.03 bits per heavy atom. The van der Waals surface area contributed by atoms with Crippen LogP contribution in [0, 0.1) is 11.3 Å². The Labute approximate surface area is 176 Å². The van der Waals surface area contributed by atoms with Crippen molar-refractivity contribution in [2.24, 2.45) is 0 Å². The maximum Gasteiger partial charge on any atom is 0.255 e. The fourth-order valence-electron chi connectivity index (χ4n) is 3.14. The molecule has 3 rings (SSSR count). The van der Waals surface area contributed by atoms with Crippen LogP contribution >= 0.6 is 11.8 Å². The van der Waals surface area contributed by atoms with Crippen LogP contribution in [0.25, 0.3) is 0 Å². The fraction of sp³-hybridized carbons (Fsp3) is 0.333. The highest BCUT2D eigenvalue weighted by Crippen LogP contribution is 2.33. The van der Waals surface area contributed by atoms with Crippen molar-refractivity contribution in [3.63, 3.8) is 0 Å².